The zero-order valence-electron chi connectivity index (χ0n) is 17.6. The van der Waals surface area contributed by atoms with Gasteiger partial charge in [-0.1, -0.05) is 17.7 Å². The highest BCUT2D eigenvalue weighted by atomic mass is 35.5. The van der Waals surface area contributed by atoms with Crippen LogP contribution in [0.4, 0.5) is 13.2 Å². The molecule has 6 nitrogen and oxygen atoms in total. The highest BCUT2D eigenvalue weighted by molar-refractivity contribution is 6.30. The molecule has 0 aliphatic carbocycles. The first kappa shape index (κ1) is 22.8. The van der Waals surface area contributed by atoms with Crippen molar-refractivity contribution in [3.05, 3.63) is 82.1 Å². The van der Waals surface area contributed by atoms with Gasteiger partial charge in [-0.25, -0.2) is 4.68 Å². The number of carbonyl (C=O) groups excluding carboxylic acids is 2. The van der Waals surface area contributed by atoms with Gasteiger partial charge in [0.05, 0.1) is 28.7 Å². The first-order valence-corrected chi connectivity index (χ1v) is 10.6. The zero-order chi connectivity index (χ0) is 23.8. The van der Waals surface area contributed by atoms with Crippen molar-refractivity contribution in [2.75, 3.05) is 26.2 Å². The van der Waals surface area contributed by atoms with Gasteiger partial charge in [0, 0.05) is 36.8 Å². The van der Waals surface area contributed by atoms with Crippen LogP contribution in [0.5, 0.6) is 0 Å². The summed E-state index contributed by atoms with van der Waals surface area (Å²) in [4.78, 5) is 28.9. The summed E-state index contributed by atoms with van der Waals surface area (Å²) >= 11 is 6.05. The molecule has 0 saturated carbocycles. The topological polar surface area (TPSA) is 58.4 Å². The van der Waals surface area contributed by atoms with Crippen LogP contribution in [0.2, 0.25) is 5.02 Å². The van der Waals surface area contributed by atoms with Crippen molar-refractivity contribution in [1.29, 1.82) is 0 Å². The number of amides is 2. The Morgan fingerprint density at radius 1 is 0.939 bits per heavy atom. The van der Waals surface area contributed by atoms with Gasteiger partial charge in [0.1, 0.15) is 0 Å². The van der Waals surface area contributed by atoms with Gasteiger partial charge in [0.2, 0.25) is 0 Å². The van der Waals surface area contributed by atoms with Crippen molar-refractivity contribution in [2.45, 2.75) is 13.1 Å². The molecule has 1 aromatic heterocycles. The Hall–Kier alpha value is -3.33. The average Bonchev–Trinajstić information content (AvgIpc) is 3.19. The van der Waals surface area contributed by atoms with Gasteiger partial charge in [0.15, 0.2) is 0 Å². The van der Waals surface area contributed by atoms with Gasteiger partial charge in [-0.15, -0.1) is 0 Å². The number of hydrogen-bond acceptors (Lipinski definition) is 3. The number of aromatic nitrogens is 2. The van der Waals surface area contributed by atoms with E-state index in [1.165, 1.54) is 23.2 Å². The third kappa shape index (κ3) is 4.73. The fraction of sp³-hybridized carbons (Fsp3) is 0.261. The van der Waals surface area contributed by atoms with Crippen LogP contribution in [0.3, 0.4) is 0 Å². The summed E-state index contributed by atoms with van der Waals surface area (Å²) in [6.45, 7) is 2.99. The van der Waals surface area contributed by atoms with E-state index < -0.39 is 11.7 Å². The smallest absolute Gasteiger partial charge is 0.335 e. The van der Waals surface area contributed by atoms with Crippen LogP contribution < -0.4 is 0 Å². The number of benzene rings is 2. The highest BCUT2D eigenvalue weighted by Gasteiger charge is 2.31. The maximum Gasteiger partial charge on any atom is 0.416 e. The molecular formula is C23H20ClF3N4O2. The summed E-state index contributed by atoms with van der Waals surface area (Å²) in [6, 6.07) is 11.3. The van der Waals surface area contributed by atoms with E-state index in [1.807, 2.05) is 6.07 Å². The molecule has 0 radical (unpaired) electrons. The lowest BCUT2D eigenvalue weighted by atomic mass is 10.1. The molecule has 4 rings (SSSR count). The third-order valence-electron chi connectivity index (χ3n) is 5.61. The molecule has 1 fully saturated rings. The lowest BCUT2D eigenvalue weighted by molar-refractivity contribution is -0.137. The van der Waals surface area contributed by atoms with E-state index >= 15 is 0 Å². The quantitative estimate of drug-likeness (QED) is 0.561. The van der Waals surface area contributed by atoms with Gasteiger partial charge in [0.25, 0.3) is 11.8 Å². The second kappa shape index (κ2) is 8.90. The van der Waals surface area contributed by atoms with Gasteiger partial charge < -0.3 is 9.80 Å². The minimum absolute atomic E-state index is 0.182. The van der Waals surface area contributed by atoms with Crippen LogP contribution in [-0.4, -0.2) is 57.6 Å². The van der Waals surface area contributed by atoms with Gasteiger partial charge in [-0.3, -0.25) is 9.59 Å². The minimum Gasteiger partial charge on any atom is -0.335 e. The normalized spacial score (nSPS) is 14.5. The molecule has 1 aliphatic rings. The lowest BCUT2D eigenvalue weighted by Gasteiger charge is -2.34. The van der Waals surface area contributed by atoms with Crippen LogP contribution in [0.15, 0.2) is 54.7 Å². The van der Waals surface area contributed by atoms with Crippen LogP contribution >= 0.6 is 11.6 Å². The molecule has 10 heteroatoms. The third-order valence-corrected chi connectivity index (χ3v) is 5.84. The van der Waals surface area contributed by atoms with Gasteiger partial charge in [-0.2, -0.15) is 18.3 Å². The van der Waals surface area contributed by atoms with Gasteiger partial charge >= 0.3 is 6.18 Å². The van der Waals surface area contributed by atoms with Crippen LogP contribution in [0.25, 0.3) is 5.69 Å². The molecule has 172 valence electrons. The Balaban J connectivity index is 1.41. The summed E-state index contributed by atoms with van der Waals surface area (Å²) in [5, 5.41) is 4.88. The molecule has 3 aromatic rings. The monoisotopic (exact) mass is 476 g/mol. The van der Waals surface area contributed by atoms with E-state index in [-0.39, 0.29) is 30.5 Å². The molecule has 0 bridgehead atoms. The predicted molar refractivity (Wildman–Crippen MR) is 117 cm³/mol. The fourth-order valence-electron chi connectivity index (χ4n) is 3.76. The molecule has 1 aliphatic heterocycles. The molecule has 1 saturated heterocycles. The molecule has 0 atom stereocenters. The standard InChI is InChI=1S/C23H20ClF3N4O2/c1-15-20(14-28-31(15)19-4-2-3-18(24)13-19)22(33)30-11-9-29(10-12-30)21(32)16-5-7-17(8-6-16)23(25,26)27/h2-8,13-14H,9-12H2,1H3. The summed E-state index contributed by atoms with van der Waals surface area (Å²) in [6.07, 6.45) is -2.94. The van der Waals surface area contributed by atoms with E-state index in [1.54, 1.807) is 34.7 Å². The maximum absolute atomic E-state index is 13.0. The number of rotatable bonds is 3. The summed E-state index contributed by atoms with van der Waals surface area (Å²) in [5.74, 6) is -0.553. The van der Waals surface area contributed by atoms with Crippen LogP contribution in [-0.2, 0) is 6.18 Å². The molecule has 2 amide bonds. The molecule has 0 spiro atoms. The Morgan fingerprint density at radius 2 is 1.55 bits per heavy atom. The summed E-state index contributed by atoms with van der Waals surface area (Å²) < 4.78 is 39.8. The molecule has 0 N–H and O–H groups in total. The molecule has 33 heavy (non-hydrogen) atoms. The number of alkyl halides is 3. The molecule has 2 heterocycles. The van der Waals surface area contributed by atoms with Crippen molar-refractivity contribution < 1.29 is 22.8 Å². The van der Waals surface area contributed by atoms with E-state index in [0.717, 1.165) is 17.8 Å². The van der Waals surface area contributed by atoms with E-state index in [0.29, 0.717) is 29.4 Å². The minimum atomic E-state index is -4.45. The summed E-state index contributed by atoms with van der Waals surface area (Å²) in [5.41, 5.74) is 1.25. The zero-order valence-corrected chi connectivity index (χ0v) is 18.4. The lowest BCUT2D eigenvalue weighted by Crippen LogP contribution is -2.50. The molecule has 0 unspecified atom stereocenters. The highest BCUT2D eigenvalue weighted by Crippen LogP contribution is 2.29. The Bertz CT molecular complexity index is 1180. The molecule has 2 aromatic carbocycles. The number of nitrogens with zero attached hydrogens (tertiary/aromatic N) is 4. The summed E-state index contributed by atoms with van der Waals surface area (Å²) in [7, 11) is 0. The molecular weight excluding hydrogens is 457 g/mol. The Kier molecular flexibility index (Phi) is 6.16. The van der Waals surface area contributed by atoms with Gasteiger partial charge in [-0.05, 0) is 49.4 Å². The average molecular weight is 477 g/mol. The van der Waals surface area contributed by atoms with E-state index in [9.17, 15) is 22.8 Å². The van der Waals surface area contributed by atoms with Crippen molar-refractivity contribution in [3.8, 4) is 5.69 Å². The SMILES string of the molecule is Cc1c(C(=O)N2CCN(C(=O)c3ccc(C(F)(F)F)cc3)CC2)cnn1-c1cccc(Cl)c1. The number of carbonyl (C=O) groups is 2. The van der Waals surface area contributed by atoms with Crippen molar-refractivity contribution in [2.24, 2.45) is 0 Å². The van der Waals surface area contributed by atoms with Crippen molar-refractivity contribution >= 4 is 23.4 Å². The predicted octanol–water partition coefficient (Wildman–Crippen LogP) is 4.45. The maximum atomic E-state index is 13.0. The van der Waals surface area contributed by atoms with Crippen molar-refractivity contribution in [1.82, 2.24) is 19.6 Å². The first-order valence-electron chi connectivity index (χ1n) is 10.2. The second-order valence-corrected chi connectivity index (χ2v) is 8.13. The number of halogens is 4. The number of hydrogen-bond donors (Lipinski definition) is 0. The Morgan fingerprint density at radius 3 is 2.12 bits per heavy atom. The fourth-order valence-corrected chi connectivity index (χ4v) is 3.94. The van der Waals surface area contributed by atoms with E-state index in [2.05, 4.69) is 5.10 Å². The first-order chi connectivity index (χ1) is 15.6. The van der Waals surface area contributed by atoms with Crippen LogP contribution in [0.1, 0.15) is 32.0 Å². The van der Waals surface area contributed by atoms with Crippen molar-refractivity contribution in [3.63, 3.8) is 0 Å². The number of piperazine rings is 1. The Labute approximate surface area is 193 Å². The largest absolute Gasteiger partial charge is 0.416 e. The second-order valence-electron chi connectivity index (χ2n) is 7.69. The van der Waals surface area contributed by atoms with Crippen LogP contribution in [0, 0.1) is 6.92 Å². The van der Waals surface area contributed by atoms with E-state index in [4.69, 9.17) is 11.6 Å².